The Morgan fingerprint density at radius 2 is 0.776 bits per heavy atom. The quantitative estimate of drug-likeness (QED) is 0.151. The van der Waals surface area contributed by atoms with Crippen molar-refractivity contribution in [2.24, 2.45) is 0 Å². The highest BCUT2D eigenvalue weighted by Gasteiger charge is 2.19. The maximum absolute atomic E-state index is 6.33. The summed E-state index contributed by atoms with van der Waals surface area (Å²) in [6.45, 7) is 0. The van der Waals surface area contributed by atoms with Gasteiger partial charge in [-0.25, -0.2) is 0 Å². The maximum atomic E-state index is 6.33. The lowest BCUT2D eigenvalue weighted by molar-refractivity contribution is 0.669. The van der Waals surface area contributed by atoms with Crippen molar-refractivity contribution in [2.75, 3.05) is 4.90 Å². The van der Waals surface area contributed by atoms with Gasteiger partial charge >= 0.3 is 0 Å². The summed E-state index contributed by atoms with van der Waals surface area (Å²) in [5.74, 6) is 0. The van der Waals surface area contributed by atoms with Crippen LogP contribution >= 0.6 is 0 Å². The van der Waals surface area contributed by atoms with Crippen molar-refractivity contribution in [3.05, 3.63) is 224 Å². The Hall–Kier alpha value is -7.68. The van der Waals surface area contributed by atoms with E-state index < -0.39 is 0 Å². The molecule has 0 fully saturated rings. The average molecular weight is 740 g/mol. The third-order valence-corrected chi connectivity index (χ3v) is 11.4. The van der Waals surface area contributed by atoms with Gasteiger partial charge in [0.2, 0.25) is 0 Å². The lowest BCUT2D eigenvalue weighted by atomic mass is 9.91. The lowest BCUT2D eigenvalue weighted by Crippen LogP contribution is -2.10. The fourth-order valence-corrected chi connectivity index (χ4v) is 8.65. The zero-order valence-corrected chi connectivity index (χ0v) is 31.7. The largest absolute Gasteiger partial charge is 0.456 e. The predicted molar refractivity (Wildman–Crippen MR) is 245 cm³/mol. The molecule has 0 aliphatic carbocycles. The van der Waals surface area contributed by atoms with Crippen LogP contribution in [0.25, 0.3) is 88.0 Å². The van der Waals surface area contributed by atoms with E-state index in [1.54, 1.807) is 0 Å². The van der Waals surface area contributed by atoms with E-state index in [4.69, 9.17) is 4.42 Å². The van der Waals surface area contributed by atoms with Crippen LogP contribution in [-0.4, -0.2) is 0 Å². The number of furan rings is 1. The summed E-state index contributed by atoms with van der Waals surface area (Å²) >= 11 is 0. The fourth-order valence-electron chi connectivity index (χ4n) is 8.65. The summed E-state index contributed by atoms with van der Waals surface area (Å²) in [4.78, 5) is 2.41. The van der Waals surface area contributed by atoms with E-state index in [2.05, 4.69) is 217 Å². The highest BCUT2D eigenvalue weighted by atomic mass is 16.3. The van der Waals surface area contributed by atoms with E-state index in [9.17, 15) is 0 Å². The second-order valence-corrected chi connectivity index (χ2v) is 14.9. The molecule has 2 heteroatoms. The van der Waals surface area contributed by atoms with Crippen LogP contribution in [0.2, 0.25) is 0 Å². The summed E-state index contributed by atoms with van der Waals surface area (Å²) in [6, 6.07) is 80.8. The third-order valence-electron chi connectivity index (χ3n) is 11.4. The van der Waals surface area contributed by atoms with Crippen molar-refractivity contribution in [1.29, 1.82) is 0 Å². The highest BCUT2D eigenvalue weighted by molar-refractivity contribution is 6.15. The summed E-state index contributed by atoms with van der Waals surface area (Å²) < 4.78 is 6.33. The molecule has 0 N–H and O–H groups in total. The van der Waals surface area contributed by atoms with Gasteiger partial charge in [-0.05, 0) is 121 Å². The van der Waals surface area contributed by atoms with Gasteiger partial charge in [-0.1, -0.05) is 164 Å². The van der Waals surface area contributed by atoms with Gasteiger partial charge in [-0.3, -0.25) is 0 Å². The zero-order chi connectivity index (χ0) is 38.4. The van der Waals surface area contributed by atoms with E-state index in [0.29, 0.717) is 0 Å². The first kappa shape index (κ1) is 33.6. The van der Waals surface area contributed by atoms with E-state index in [1.165, 1.54) is 43.8 Å². The van der Waals surface area contributed by atoms with Gasteiger partial charge in [0, 0.05) is 27.5 Å². The van der Waals surface area contributed by atoms with Crippen LogP contribution in [0.4, 0.5) is 17.1 Å². The normalized spacial score (nSPS) is 11.4. The molecule has 0 aliphatic heterocycles. The van der Waals surface area contributed by atoms with Crippen molar-refractivity contribution in [3.8, 4) is 44.5 Å². The Bertz CT molecular complexity index is 3250. The molecule has 0 saturated heterocycles. The first-order chi connectivity index (χ1) is 28.7. The molecule has 0 radical (unpaired) electrons. The maximum Gasteiger partial charge on any atom is 0.136 e. The second kappa shape index (κ2) is 14.1. The van der Waals surface area contributed by atoms with Crippen LogP contribution in [0.1, 0.15) is 0 Å². The minimum atomic E-state index is 0.896. The van der Waals surface area contributed by atoms with Gasteiger partial charge in [0.15, 0.2) is 0 Å². The number of para-hydroxylation sites is 1. The minimum absolute atomic E-state index is 0.896. The molecule has 0 atom stereocenters. The van der Waals surface area contributed by atoms with Gasteiger partial charge in [-0.2, -0.15) is 0 Å². The van der Waals surface area contributed by atoms with Crippen LogP contribution in [-0.2, 0) is 0 Å². The molecule has 0 unspecified atom stereocenters. The third kappa shape index (κ3) is 5.91. The molecule has 2 nitrogen and oxygen atoms in total. The van der Waals surface area contributed by atoms with Crippen molar-refractivity contribution in [3.63, 3.8) is 0 Å². The van der Waals surface area contributed by atoms with Crippen molar-refractivity contribution >= 4 is 60.5 Å². The van der Waals surface area contributed by atoms with E-state index >= 15 is 0 Å². The molecule has 11 aromatic rings. The molecule has 11 rings (SSSR count). The number of hydrogen-bond acceptors (Lipinski definition) is 2. The molecule has 0 spiro atoms. The van der Waals surface area contributed by atoms with Crippen molar-refractivity contribution in [1.82, 2.24) is 0 Å². The van der Waals surface area contributed by atoms with Crippen LogP contribution in [0, 0.1) is 0 Å². The average Bonchev–Trinajstić information content (AvgIpc) is 3.69. The Labute approximate surface area is 337 Å². The van der Waals surface area contributed by atoms with Crippen LogP contribution in [0.15, 0.2) is 229 Å². The molecule has 58 heavy (non-hydrogen) atoms. The van der Waals surface area contributed by atoms with Crippen LogP contribution in [0.5, 0.6) is 0 Å². The Kier molecular flexibility index (Phi) is 8.19. The Morgan fingerprint density at radius 1 is 0.293 bits per heavy atom. The van der Waals surface area contributed by atoms with Gasteiger partial charge in [0.1, 0.15) is 11.2 Å². The molecular weight excluding hydrogens is 703 g/mol. The van der Waals surface area contributed by atoms with Crippen molar-refractivity contribution in [2.45, 2.75) is 0 Å². The fraction of sp³-hybridized carbons (Fsp3) is 0. The number of fused-ring (bicyclic) bond motifs is 6. The van der Waals surface area contributed by atoms with Gasteiger partial charge in [0.05, 0.1) is 5.69 Å². The standard InChI is InChI=1S/C56H37NO/c1-3-14-38(15-4-1)40-26-30-46(31-27-40)57(53-37-42-18-7-8-19-48(42)50-20-9-10-21-51(50)53)47-32-28-41(29-33-47)44-34-43(39-16-5-2-6-17-39)35-45(36-44)49-23-13-25-55-56(49)52-22-11-12-24-54(52)58-55/h1-37H. The zero-order valence-electron chi connectivity index (χ0n) is 31.7. The molecule has 0 bridgehead atoms. The number of rotatable bonds is 7. The van der Waals surface area contributed by atoms with Gasteiger partial charge in [-0.15, -0.1) is 0 Å². The highest BCUT2D eigenvalue weighted by Crippen LogP contribution is 2.44. The van der Waals surface area contributed by atoms with Crippen molar-refractivity contribution < 1.29 is 4.42 Å². The molecule has 0 saturated carbocycles. The lowest BCUT2D eigenvalue weighted by Gasteiger charge is -2.28. The smallest absolute Gasteiger partial charge is 0.136 e. The summed E-state index contributed by atoms with van der Waals surface area (Å²) in [6.07, 6.45) is 0. The first-order valence-corrected chi connectivity index (χ1v) is 19.8. The minimum Gasteiger partial charge on any atom is -0.456 e. The Balaban J connectivity index is 1.07. The summed E-state index contributed by atoms with van der Waals surface area (Å²) in [5.41, 5.74) is 14.5. The number of anilines is 3. The second-order valence-electron chi connectivity index (χ2n) is 14.9. The summed E-state index contributed by atoms with van der Waals surface area (Å²) in [5, 5.41) is 7.18. The number of hydrogen-bond donors (Lipinski definition) is 0. The molecule has 1 heterocycles. The number of benzene rings is 10. The van der Waals surface area contributed by atoms with E-state index in [-0.39, 0.29) is 0 Å². The predicted octanol–water partition coefficient (Wildman–Crippen LogP) is 16.0. The Morgan fingerprint density at radius 3 is 1.45 bits per heavy atom. The number of nitrogens with zero attached hydrogens (tertiary/aromatic N) is 1. The van der Waals surface area contributed by atoms with E-state index in [1.807, 2.05) is 12.1 Å². The van der Waals surface area contributed by atoms with E-state index in [0.717, 1.165) is 61.3 Å². The molecule has 0 aliphatic rings. The monoisotopic (exact) mass is 739 g/mol. The molecular formula is C56H37NO. The molecule has 0 amide bonds. The molecule has 10 aromatic carbocycles. The SMILES string of the molecule is c1ccc(-c2ccc(N(c3ccc(-c4cc(-c5ccccc5)cc(-c5cccc6oc7ccccc7c56)c4)cc3)c3cc4ccccc4c4ccccc34)cc2)cc1. The molecule has 272 valence electrons. The van der Waals surface area contributed by atoms with Gasteiger partial charge < -0.3 is 9.32 Å². The van der Waals surface area contributed by atoms with Crippen LogP contribution in [0.3, 0.4) is 0 Å². The first-order valence-electron chi connectivity index (χ1n) is 19.8. The van der Waals surface area contributed by atoms with Crippen LogP contribution < -0.4 is 4.90 Å². The molecule has 1 aromatic heterocycles. The topological polar surface area (TPSA) is 16.4 Å². The van der Waals surface area contributed by atoms with Gasteiger partial charge in [0.25, 0.3) is 0 Å². The summed E-state index contributed by atoms with van der Waals surface area (Å²) in [7, 11) is 0.